The number of aromatic nitrogens is 2. The molecule has 0 spiro atoms. The fraction of sp³-hybridized carbons (Fsp3) is 0.375. The number of benzene rings is 1. The number of nitrogens with zero attached hydrogens (tertiary/aromatic N) is 3. The highest BCUT2D eigenvalue weighted by Gasteiger charge is 2.07. The van der Waals surface area contributed by atoms with Gasteiger partial charge in [-0.15, -0.1) is 0 Å². The van der Waals surface area contributed by atoms with Gasteiger partial charge in [-0.1, -0.05) is 30.3 Å². The first-order valence-electron chi connectivity index (χ1n) is 7.17. The molecule has 2 aromatic rings. The number of urea groups is 1. The normalized spacial score (nSPS) is 10.4. The van der Waals surface area contributed by atoms with E-state index in [0.29, 0.717) is 13.1 Å². The van der Waals surface area contributed by atoms with Crippen LogP contribution in [0.3, 0.4) is 0 Å². The van der Waals surface area contributed by atoms with Crippen LogP contribution in [0, 0.1) is 6.92 Å². The summed E-state index contributed by atoms with van der Waals surface area (Å²) >= 11 is 0. The molecule has 1 aromatic heterocycles. The number of nitrogens with one attached hydrogen (secondary N) is 1. The van der Waals surface area contributed by atoms with Crippen LogP contribution in [0.5, 0.6) is 0 Å². The first-order valence-corrected chi connectivity index (χ1v) is 7.17. The lowest BCUT2D eigenvalue weighted by atomic mass is 10.2. The predicted molar refractivity (Wildman–Crippen MR) is 82.9 cm³/mol. The molecule has 1 N–H and O–H groups in total. The van der Waals surface area contributed by atoms with E-state index in [-0.39, 0.29) is 6.03 Å². The zero-order chi connectivity index (χ0) is 15.1. The summed E-state index contributed by atoms with van der Waals surface area (Å²) in [5.74, 6) is 0. The molecule has 0 unspecified atom stereocenters. The molecule has 2 amide bonds. The molecule has 0 bridgehead atoms. The molecule has 5 heteroatoms. The maximum atomic E-state index is 12.0. The first kappa shape index (κ1) is 15.1. The van der Waals surface area contributed by atoms with Crippen LogP contribution in [-0.2, 0) is 13.1 Å². The molecular weight excluding hydrogens is 264 g/mol. The van der Waals surface area contributed by atoms with E-state index >= 15 is 0 Å². The molecule has 0 fully saturated rings. The second kappa shape index (κ2) is 7.47. The van der Waals surface area contributed by atoms with E-state index in [4.69, 9.17) is 0 Å². The lowest BCUT2D eigenvalue weighted by Gasteiger charge is -2.18. The van der Waals surface area contributed by atoms with E-state index < -0.39 is 0 Å². The van der Waals surface area contributed by atoms with Crippen molar-refractivity contribution < 1.29 is 4.79 Å². The van der Waals surface area contributed by atoms with Crippen molar-refractivity contribution in [3.63, 3.8) is 0 Å². The molecule has 0 saturated heterocycles. The largest absolute Gasteiger partial charge is 0.338 e. The predicted octanol–water partition coefficient (Wildman–Crippen LogP) is 2.42. The zero-order valence-corrected chi connectivity index (χ0v) is 12.6. The van der Waals surface area contributed by atoms with Gasteiger partial charge in [-0.2, -0.15) is 5.10 Å². The van der Waals surface area contributed by atoms with E-state index in [1.165, 1.54) is 0 Å². The molecule has 112 valence electrons. The molecule has 0 radical (unpaired) electrons. The van der Waals surface area contributed by atoms with Crippen molar-refractivity contribution in [2.75, 3.05) is 13.6 Å². The smallest absolute Gasteiger partial charge is 0.317 e. The lowest BCUT2D eigenvalue weighted by Crippen LogP contribution is -2.37. The van der Waals surface area contributed by atoms with E-state index in [0.717, 1.165) is 24.1 Å². The van der Waals surface area contributed by atoms with E-state index in [1.807, 2.05) is 54.3 Å². The molecule has 1 heterocycles. The minimum atomic E-state index is -0.0458. The molecule has 0 aliphatic heterocycles. The Bertz CT molecular complexity index is 565. The maximum Gasteiger partial charge on any atom is 0.317 e. The van der Waals surface area contributed by atoms with Gasteiger partial charge in [0, 0.05) is 32.9 Å². The Balaban J connectivity index is 1.67. The van der Waals surface area contributed by atoms with Crippen molar-refractivity contribution in [3.8, 4) is 0 Å². The second-order valence-electron chi connectivity index (χ2n) is 5.21. The number of hydrogen-bond acceptors (Lipinski definition) is 2. The van der Waals surface area contributed by atoms with Gasteiger partial charge in [-0.25, -0.2) is 4.79 Å². The average molecular weight is 286 g/mol. The van der Waals surface area contributed by atoms with Gasteiger partial charge in [0.15, 0.2) is 0 Å². The number of amides is 2. The molecule has 0 aliphatic carbocycles. The summed E-state index contributed by atoms with van der Waals surface area (Å²) in [5, 5.41) is 7.14. The van der Waals surface area contributed by atoms with Gasteiger partial charge in [0.25, 0.3) is 0 Å². The van der Waals surface area contributed by atoms with Crippen LogP contribution in [-0.4, -0.2) is 34.3 Å². The van der Waals surface area contributed by atoms with Crippen molar-refractivity contribution in [2.45, 2.75) is 26.4 Å². The third-order valence-electron chi connectivity index (χ3n) is 3.21. The van der Waals surface area contributed by atoms with Crippen LogP contribution in [0.2, 0.25) is 0 Å². The van der Waals surface area contributed by atoms with Crippen LogP contribution in [0.4, 0.5) is 4.79 Å². The van der Waals surface area contributed by atoms with Gasteiger partial charge < -0.3 is 10.2 Å². The van der Waals surface area contributed by atoms with Crippen LogP contribution in [0.1, 0.15) is 17.5 Å². The average Bonchev–Trinajstić information content (AvgIpc) is 2.90. The zero-order valence-electron chi connectivity index (χ0n) is 12.6. The van der Waals surface area contributed by atoms with Crippen molar-refractivity contribution >= 4 is 6.03 Å². The monoisotopic (exact) mass is 286 g/mol. The maximum absolute atomic E-state index is 12.0. The van der Waals surface area contributed by atoms with Crippen LogP contribution >= 0.6 is 0 Å². The fourth-order valence-electron chi connectivity index (χ4n) is 2.09. The summed E-state index contributed by atoms with van der Waals surface area (Å²) in [4.78, 5) is 13.6. The van der Waals surface area contributed by atoms with Gasteiger partial charge in [0.2, 0.25) is 0 Å². The quantitative estimate of drug-likeness (QED) is 0.829. The van der Waals surface area contributed by atoms with Gasteiger partial charge in [0.1, 0.15) is 0 Å². The Labute approximate surface area is 125 Å². The molecule has 0 aliphatic rings. The Kier molecular flexibility index (Phi) is 5.37. The van der Waals surface area contributed by atoms with Crippen LogP contribution < -0.4 is 5.32 Å². The number of carbonyl (C=O) groups is 1. The summed E-state index contributed by atoms with van der Waals surface area (Å²) in [7, 11) is 1.80. The molecule has 1 aromatic carbocycles. The summed E-state index contributed by atoms with van der Waals surface area (Å²) < 4.78 is 1.90. The van der Waals surface area contributed by atoms with Crippen LogP contribution in [0.15, 0.2) is 42.7 Å². The minimum Gasteiger partial charge on any atom is -0.338 e. The molecule has 0 saturated carbocycles. The van der Waals surface area contributed by atoms with Crippen molar-refractivity contribution in [2.24, 2.45) is 0 Å². The van der Waals surface area contributed by atoms with Gasteiger partial charge in [-0.3, -0.25) is 4.68 Å². The second-order valence-corrected chi connectivity index (χ2v) is 5.21. The molecule has 2 rings (SSSR count). The Morgan fingerprint density at radius 1 is 1.33 bits per heavy atom. The highest BCUT2D eigenvalue weighted by atomic mass is 16.2. The summed E-state index contributed by atoms with van der Waals surface area (Å²) in [6.45, 7) is 4.10. The van der Waals surface area contributed by atoms with Crippen molar-refractivity contribution in [3.05, 3.63) is 53.9 Å². The van der Waals surface area contributed by atoms with Gasteiger partial charge >= 0.3 is 6.03 Å². The standard InChI is InChI=1S/C16H22N4O/c1-14-11-18-20(12-14)10-6-9-17-16(21)19(2)13-15-7-4-3-5-8-15/h3-5,7-8,11-12H,6,9-10,13H2,1-2H3,(H,17,21). The third kappa shape index (κ3) is 4.95. The highest BCUT2D eigenvalue weighted by Crippen LogP contribution is 2.02. The van der Waals surface area contributed by atoms with Crippen molar-refractivity contribution in [1.82, 2.24) is 20.0 Å². The fourth-order valence-corrected chi connectivity index (χ4v) is 2.09. The van der Waals surface area contributed by atoms with Gasteiger partial charge in [0.05, 0.1) is 6.20 Å². The molecule has 21 heavy (non-hydrogen) atoms. The number of aryl methyl sites for hydroxylation is 2. The molecular formula is C16H22N4O. The number of hydrogen-bond donors (Lipinski definition) is 1. The highest BCUT2D eigenvalue weighted by molar-refractivity contribution is 5.73. The topological polar surface area (TPSA) is 50.2 Å². The molecule has 5 nitrogen and oxygen atoms in total. The Morgan fingerprint density at radius 3 is 2.76 bits per heavy atom. The Morgan fingerprint density at radius 2 is 2.10 bits per heavy atom. The Hall–Kier alpha value is -2.30. The first-order chi connectivity index (χ1) is 10.1. The lowest BCUT2D eigenvalue weighted by molar-refractivity contribution is 0.206. The van der Waals surface area contributed by atoms with Crippen LogP contribution in [0.25, 0.3) is 0 Å². The third-order valence-corrected chi connectivity index (χ3v) is 3.21. The van der Waals surface area contributed by atoms with E-state index in [2.05, 4.69) is 10.4 Å². The number of carbonyl (C=O) groups excluding carboxylic acids is 1. The van der Waals surface area contributed by atoms with E-state index in [9.17, 15) is 4.79 Å². The SMILES string of the molecule is Cc1cnn(CCCNC(=O)N(C)Cc2ccccc2)c1. The van der Waals surface area contributed by atoms with Crippen molar-refractivity contribution in [1.29, 1.82) is 0 Å². The summed E-state index contributed by atoms with van der Waals surface area (Å²) in [5.41, 5.74) is 2.28. The van der Waals surface area contributed by atoms with E-state index in [1.54, 1.807) is 11.9 Å². The molecule has 0 atom stereocenters. The number of rotatable bonds is 6. The van der Waals surface area contributed by atoms with Gasteiger partial charge in [-0.05, 0) is 24.5 Å². The summed E-state index contributed by atoms with van der Waals surface area (Å²) in [6.07, 6.45) is 4.71. The summed E-state index contributed by atoms with van der Waals surface area (Å²) in [6, 6.07) is 9.92. The minimum absolute atomic E-state index is 0.0458.